The zero-order valence-corrected chi connectivity index (χ0v) is 13.1. The van der Waals surface area contributed by atoms with E-state index in [9.17, 15) is 8.42 Å². The summed E-state index contributed by atoms with van der Waals surface area (Å²) in [7, 11) is -3.43. The maximum Gasteiger partial charge on any atom is 0.240 e. The van der Waals surface area contributed by atoms with Crippen molar-refractivity contribution in [1.29, 1.82) is 0 Å². The average molecular weight is 347 g/mol. The normalized spacial score (nSPS) is 17.5. The molecule has 1 aliphatic carbocycles. The average Bonchev–Trinajstić information content (AvgIpc) is 2.41. The Labute approximate surface area is 122 Å². The van der Waals surface area contributed by atoms with Gasteiger partial charge in [-0.15, -0.1) is 0 Å². The van der Waals surface area contributed by atoms with E-state index in [-0.39, 0.29) is 4.90 Å². The highest BCUT2D eigenvalue weighted by molar-refractivity contribution is 9.10. The van der Waals surface area contributed by atoms with Crippen LogP contribution in [0.4, 0.5) is 5.69 Å². The van der Waals surface area contributed by atoms with Crippen LogP contribution in [0.25, 0.3) is 0 Å². The minimum absolute atomic E-state index is 0.254. The topological polar surface area (TPSA) is 72.2 Å². The van der Waals surface area contributed by atoms with E-state index in [2.05, 4.69) is 20.7 Å². The molecule has 0 atom stereocenters. The molecule has 4 nitrogen and oxygen atoms in total. The Bertz CT molecular complexity index is 540. The Morgan fingerprint density at radius 1 is 1.26 bits per heavy atom. The summed E-state index contributed by atoms with van der Waals surface area (Å²) in [5.41, 5.74) is 6.19. The molecule has 0 aliphatic heterocycles. The van der Waals surface area contributed by atoms with Crippen LogP contribution in [0.1, 0.15) is 32.1 Å². The summed E-state index contributed by atoms with van der Waals surface area (Å²) in [5, 5.41) is 0. The van der Waals surface area contributed by atoms with Crippen molar-refractivity contribution in [3.63, 3.8) is 0 Å². The molecular formula is C13H19BrN2O2S. The van der Waals surface area contributed by atoms with E-state index >= 15 is 0 Å². The number of nitrogens with two attached hydrogens (primary N) is 1. The third-order valence-corrected chi connectivity index (χ3v) is 5.68. The molecule has 1 saturated carbocycles. The number of rotatable bonds is 4. The summed E-state index contributed by atoms with van der Waals surface area (Å²) in [6.45, 7) is 0.532. The van der Waals surface area contributed by atoms with Crippen LogP contribution >= 0.6 is 15.9 Å². The number of anilines is 1. The van der Waals surface area contributed by atoms with Gasteiger partial charge >= 0.3 is 0 Å². The molecule has 2 rings (SSSR count). The third kappa shape index (κ3) is 3.94. The van der Waals surface area contributed by atoms with Crippen LogP contribution in [0.3, 0.4) is 0 Å². The molecule has 0 unspecified atom stereocenters. The molecule has 1 aromatic rings. The van der Waals surface area contributed by atoms with Gasteiger partial charge in [-0.3, -0.25) is 0 Å². The molecule has 0 aromatic heterocycles. The van der Waals surface area contributed by atoms with Gasteiger partial charge in [-0.2, -0.15) is 0 Å². The third-order valence-electron chi connectivity index (χ3n) is 3.57. The maximum atomic E-state index is 12.2. The second kappa shape index (κ2) is 6.24. The zero-order chi connectivity index (χ0) is 13.9. The van der Waals surface area contributed by atoms with Crippen molar-refractivity contribution in [3.05, 3.63) is 22.7 Å². The van der Waals surface area contributed by atoms with Gasteiger partial charge in [0.2, 0.25) is 10.0 Å². The van der Waals surface area contributed by atoms with Crippen LogP contribution in [-0.2, 0) is 10.0 Å². The number of hydrogen-bond donors (Lipinski definition) is 2. The standard InChI is InChI=1S/C13H19BrN2O2S/c14-12-8-11(6-7-13(12)15)19(17,18)16-9-10-4-2-1-3-5-10/h6-8,10,16H,1-5,9,15H2. The van der Waals surface area contributed by atoms with Gasteiger partial charge < -0.3 is 5.73 Å². The van der Waals surface area contributed by atoms with E-state index in [1.165, 1.54) is 25.3 Å². The molecule has 0 radical (unpaired) electrons. The molecule has 1 aromatic carbocycles. The lowest BCUT2D eigenvalue weighted by molar-refractivity contribution is 0.357. The van der Waals surface area contributed by atoms with Crippen molar-refractivity contribution in [3.8, 4) is 0 Å². The molecule has 19 heavy (non-hydrogen) atoms. The number of halogens is 1. The quantitative estimate of drug-likeness (QED) is 0.823. The SMILES string of the molecule is Nc1ccc(S(=O)(=O)NCC2CCCCC2)cc1Br. The summed E-state index contributed by atoms with van der Waals surface area (Å²) < 4.78 is 27.6. The van der Waals surface area contributed by atoms with Crippen LogP contribution in [0.15, 0.2) is 27.6 Å². The first-order valence-electron chi connectivity index (χ1n) is 6.54. The molecule has 1 aliphatic rings. The molecule has 0 heterocycles. The van der Waals surface area contributed by atoms with Crippen molar-refractivity contribution < 1.29 is 8.42 Å². The summed E-state index contributed by atoms with van der Waals surface area (Å²) in [4.78, 5) is 0.254. The van der Waals surface area contributed by atoms with Crippen LogP contribution in [-0.4, -0.2) is 15.0 Å². The molecule has 6 heteroatoms. The van der Waals surface area contributed by atoms with Crippen LogP contribution in [0.2, 0.25) is 0 Å². The molecule has 3 N–H and O–H groups in total. The molecular weight excluding hydrogens is 328 g/mol. The van der Waals surface area contributed by atoms with Crippen molar-refractivity contribution >= 4 is 31.6 Å². The fraction of sp³-hybridized carbons (Fsp3) is 0.538. The Balaban J connectivity index is 2.02. The molecule has 0 spiro atoms. The van der Waals surface area contributed by atoms with Crippen molar-refractivity contribution in [2.75, 3.05) is 12.3 Å². The van der Waals surface area contributed by atoms with E-state index in [0.717, 1.165) is 12.8 Å². The first-order chi connectivity index (χ1) is 8.99. The van der Waals surface area contributed by atoms with Gasteiger partial charge in [0.15, 0.2) is 0 Å². The monoisotopic (exact) mass is 346 g/mol. The van der Waals surface area contributed by atoms with Crippen molar-refractivity contribution in [1.82, 2.24) is 4.72 Å². The highest BCUT2D eigenvalue weighted by Gasteiger charge is 2.19. The lowest BCUT2D eigenvalue weighted by Gasteiger charge is -2.21. The largest absolute Gasteiger partial charge is 0.398 e. The first-order valence-corrected chi connectivity index (χ1v) is 8.81. The summed E-state index contributed by atoms with van der Waals surface area (Å²) in [6.07, 6.45) is 5.93. The second-order valence-corrected chi connectivity index (χ2v) is 7.66. The summed E-state index contributed by atoms with van der Waals surface area (Å²) >= 11 is 3.25. The summed E-state index contributed by atoms with van der Waals surface area (Å²) in [5.74, 6) is 0.473. The Morgan fingerprint density at radius 2 is 1.95 bits per heavy atom. The van der Waals surface area contributed by atoms with E-state index in [0.29, 0.717) is 22.6 Å². The van der Waals surface area contributed by atoms with Gasteiger partial charge in [0.25, 0.3) is 0 Å². The maximum absolute atomic E-state index is 12.2. The number of hydrogen-bond acceptors (Lipinski definition) is 3. The van der Waals surface area contributed by atoms with Gasteiger partial charge in [0.05, 0.1) is 4.90 Å². The van der Waals surface area contributed by atoms with Crippen LogP contribution in [0, 0.1) is 5.92 Å². The van der Waals surface area contributed by atoms with E-state index in [4.69, 9.17) is 5.73 Å². The van der Waals surface area contributed by atoms with E-state index < -0.39 is 10.0 Å². The molecule has 0 saturated heterocycles. The first kappa shape index (κ1) is 14.8. The predicted octanol–water partition coefficient (Wildman–Crippen LogP) is 2.89. The van der Waals surface area contributed by atoms with Gasteiger partial charge in [0.1, 0.15) is 0 Å². The Kier molecular flexibility index (Phi) is 4.86. The molecule has 106 valence electrons. The minimum atomic E-state index is -3.43. The van der Waals surface area contributed by atoms with E-state index in [1.54, 1.807) is 12.1 Å². The number of sulfonamides is 1. The fourth-order valence-electron chi connectivity index (χ4n) is 2.38. The van der Waals surface area contributed by atoms with Gasteiger partial charge in [-0.25, -0.2) is 13.1 Å². The second-order valence-electron chi connectivity index (χ2n) is 5.04. The van der Waals surface area contributed by atoms with Gasteiger partial charge in [0, 0.05) is 16.7 Å². The smallest absolute Gasteiger partial charge is 0.240 e. The van der Waals surface area contributed by atoms with E-state index in [1.807, 2.05) is 0 Å². The lowest BCUT2D eigenvalue weighted by atomic mass is 9.90. The lowest BCUT2D eigenvalue weighted by Crippen LogP contribution is -2.30. The van der Waals surface area contributed by atoms with Crippen molar-refractivity contribution in [2.24, 2.45) is 5.92 Å². The van der Waals surface area contributed by atoms with Gasteiger partial charge in [-0.05, 0) is 52.9 Å². The minimum Gasteiger partial charge on any atom is -0.398 e. The van der Waals surface area contributed by atoms with Crippen molar-refractivity contribution in [2.45, 2.75) is 37.0 Å². The number of nitrogens with one attached hydrogen (secondary N) is 1. The highest BCUT2D eigenvalue weighted by Crippen LogP contribution is 2.25. The number of benzene rings is 1. The molecule has 1 fully saturated rings. The molecule has 0 bridgehead atoms. The predicted molar refractivity (Wildman–Crippen MR) is 80.3 cm³/mol. The molecule has 0 amide bonds. The zero-order valence-electron chi connectivity index (χ0n) is 10.7. The van der Waals surface area contributed by atoms with Crippen LogP contribution in [0.5, 0.6) is 0 Å². The Hall–Kier alpha value is -0.590. The summed E-state index contributed by atoms with van der Waals surface area (Å²) in [6, 6.07) is 4.67. The van der Waals surface area contributed by atoms with Crippen LogP contribution < -0.4 is 10.5 Å². The highest BCUT2D eigenvalue weighted by atomic mass is 79.9. The number of nitrogen functional groups attached to an aromatic ring is 1. The Morgan fingerprint density at radius 3 is 2.58 bits per heavy atom. The fourth-order valence-corrected chi connectivity index (χ4v) is 4.05. The van der Waals surface area contributed by atoms with Gasteiger partial charge in [-0.1, -0.05) is 19.3 Å².